The number of hydrogen-bond acceptors (Lipinski definition) is 9. The van der Waals surface area contributed by atoms with E-state index < -0.39 is 0 Å². The molecule has 0 unspecified atom stereocenters. The maximum atomic E-state index is 6.38. The fraction of sp³-hybridized carbons (Fsp3) is 0.364. The highest BCUT2D eigenvalue weighted by Gasteiger charge is 2.24. The summed E-state index contributed by atoms with van der Waals surface area (Å²) in [6.45, 7) is 4.35. The zero-order valence-corrected chi connectivity index (χ0v) is 19.7. The first-order valence-corrected chi connectivity index (χ1v) is 12.1. The van der Waals surface area contributed by atoms with Crippen LogP contribution in [0.5, 0.6) is 5.75 Å². The molecule has 0 amide bonds. The van der Waals surface area contributed by atoms with E-state index in [4.69, 9.17) is 21.3 Å². The zero-order chi connectivity index (χ0) is 22.6. The van der Waals surface area contributed by atoms with E-state index in [-0.39, 0.29) is 0 Å². The lowest BCUT2D eigenvalue weighted by Crippen LogP contribution is -2.34. The molecule has 170 valence electrons. The highest BCUT2D eigenvalue weighted by atomic mass is 35.5. The van der Waals surface area contributed by atoms with Crippen molar-refractivity contribution in [1.29, 1.82) is 0 Å². The number of rotatable bonds is 7. The van der Waals surface area contributed by atoms with Crippen molar-refractivity contribution in [3.05, 3.63) is 63.6 Å². The Labute approximate surface area is 200 Å². The van der Waals surface area contributed by atoms with Gasteiger partial charge in [-0.1, -0.05) is 18.5 Å². The molecule has 1 aliphatic rings. The largest absolute Gasteiger partial charge is 0.486 e. The molecular formula is C22H23ClN8OS. The van der Waals surface area contributed by atoms with E-state index in [2.05, 4.69) is 42.7 Å². The predicted molar refractivity (Wildman–Crippen MR) is 126 cm³/mol. The van der Waals surface area contributed by atoms with Gasteiger partial charge in [0, 0.05) is 36.8 Å². The molecule has 1 fully saturated rings. The third-order valence-electron chi connectivity index (χ3n) is 5.70. The van der Waals surface area contributed by atoms with E-state index in [1.807, 2.05) is 24.5 Å². The van der Waals surface area contributed by atoms with Crippen molar-refractivity contribution in [1.82, 2.24) is 35.2 Å². The summed E-state index contributed by atoms with van der Waals surface area (Å²) in [5, 5.41) is 14.9. The van der Waals surface area contributed by atoms with Gasteiger partial charge in [-0.15, -0.1) is 16.4 Å². The van der Waals surface area contributed by atoms with Crippen LogP contribution in [0.25, 0.3) is 5.69 Å². The molecule has 0 atom stereocenters. The Morgan fingerprint density at radius 3 is 2.70 bits per heavy atom. The van der Waals surface area contributed by atoms with Gasteiger partial charge < -0.3 is 9.64 Å². The quantitative estimate of drug-likeness (QED) is 0.388. The highest BCUT2D eigenvalue weighted by molar-refractivity contribution is 7.09. The molecular weight excluding hydrogens is 460 g/mol. The van der Waals surface area contributed by atoms with Crippen LogP contribution in [-0.4, -0.2) is 48.2 Å². The van der Waals surface area contributed by atoms with E-state index >= 15 is 0 Å². The van der Waals surface area contributed by atoms with Gasteiger partial charge in [0.15, 0.2) is 0 Å². The zero-order valence-electron chi connectivity index (χ0n) is 18.1. The van der Waals surface area contributed by atoms with E-state index in [9.17, 15) is 0 Å². The van der Waals surface area contributed by atoms with Gasteiger partial charge in [0.1, 0.15) is 18.7 Å². The summed E-state index contributed by atoms with van der Waals surface area (Å²) >= 11 is 8.08. The average molecular weight is 483 g/mol. The summed E-state index contributed by atoms with van der Waals surface area (Å²) in [5.74, 6) is 1.88. The monoisotopic (exact) mass is 482 g/mol. The molecule has 0 radical (unpaired) electrons. The van der Waals surface area contributed by atoms with Crippen LogP contribution in [-0.2, 0) is 13.0 Å². The molecule has 0 N–H and O–H groups in total. The molecule has 5 rings (SSSR count). The smallest absolute Gasteiger partial charge is 0.225 e. The minimum atomic E-state index is 0.372. The normalized spacial score (nSPS) is 14.5. The standard InChI is InChI=1S/C22H23ClN8OS/c1-2-15-10-24-22(25-11-15)30-7-5-16(6-8-30)21-27-17(13-33-21)12-32-20-4-3-18(9-19(20)23)31-14-26-28-29-31/h3-4,9-11,13-14,16H,2,5-8,12H2,1H3. The number of aryl methyl sites for hydroxylation is 1. The van der Waals surface area contributed by atoms with Crippen molar-refractivity contribution in [2.75, 3.05) is 18.0 Å². The lowest BCUT2D eigenvalue weighted by Gasteiger charge is -2.31. The maximum Gasteiger partial charge on any atom is 0.225 e. The SMILES string of the molecule is CCc1cnc(N2CCC(c3nc(COc4ccc(-n5cnnn5)cc4Cl)cs3)CC2)nc1. The van der Waals surface area contributed by atoms with Gasteiger partial charge in [-0.05, 0) is 53.5 Å². The van der Waals surface area contributed by atoms with Gasteiger partial charge in [0.25, 0.3) is 0 Å². The van der Waals surface area contributed by atoms with Gasteiger partial charge in [-0.2, -0.15) is 0 Å². The predicted octanol–water partition coefficient (Wildman–Crippen LogP) is 4.09. The molecule has 33 heavy (non-hydrogen) atoms. The number of piperidine rings is 1. The summed E-state index contributed by atoms with van der Waals surface area (Å²) < 4.78 is 7.46. The number of hydrogen-bond donors (Lipinski definition) is 0. The van der Waals surface area contributed by atoms with Crippen molar-refractivity contribution >= 4 is 28.9 Å². The molecule has 1 aliphatic heterocycles. The van der Waals surface area contributed by atoms with Gasteiger partial charge in [0.05, 0.1) is 21.4 Å². The van der Waals surface area contributed by atoms with Gasteiger partial charge in [-0.25, -0.2) is 19.6 Å². The van der Waals surface area contributed by atoms with Gasteiger partial charge in [0.2, 0.25) is 5.95 Å². The third kappa shape index (κ3) is 4.96. The minimum Gasteiger partial charge on any atom is -0.486 e. The molecule has 9 nitrogen and oxygen atoms in total. The number of thiazole rings is 1. The van der Waals surface area contributed by atoms with Gasteiger partial charge in [-0.3, -0.25) is 0 Å². The first kappa shape index (κ1) is 21.7. The second kappa shape index (κ2) is 9.80. The molecule has 0 bridgehead atoms. The summed E-state index contributed by atoms with van der Waals surface area (Å²) in [5.41, 5.74) is 2.85. The van der Waals surface area contributed by atoms with Crippen LogP contribution in [0.1, 0.15) is 41.9 Å². The molecule has 1 aromatic carbocycles. The Kier molecular flexibility index (Phi) is 6.45. The third-order valence-corrected chi connectivity index (χ3v) is 7.05. The fourth-order valence-corrected chi connectivity index (χ4v) is 4.98. The van der Waals surface area contributed by atoms with Crippen molar-refractivity contribution < 1.29 is 4.74 Å². The second-order valence-corrected chi connectivity index (χ2v) is 9.14. The van der Waals surface area contributed by atoms with E-state index in [1.54, 1.807) is 22.1 Å². The molecule has 0 spiro atoms. The molecule has 11 heteroatoms. The lowest BCUT2D eigenvalue weighted by atomic mass is 9.98. The Hall–Kier alpha value is -3.11. The van der Waals surface area contributed by atoms with Crippen LogP contribution < -0.4 is 9.64 Å². The minimum absolute atomic E-state index is 0.372. The van der Waals surface area contributed by atoms with Crippen molar-refractivity contribution in [3.63, 3.8) is 0 Å². The van der Waals surface area contributed by atoms with Crippen LogP contribution >= 0.6 is 22.9 Å². The topological polar surface area (TPSA) is 94.7 Å². The van der Waals surface area contributed by atoms with Crippen molar-refractivity contribution in [3.8, 4) is 11.4 Å². The van der Waals surface area contributed by atoms with E-state index in [0.29, 0.717) is 23.3 Å². The number of aromatic nitrogens is 7. The van der Waals surface area contributed by atoms with Gasteiger partial charge >= 0.3 is 0 Å². The molecule has 4 heterocycles. The number of tetrazole rings is 1. The Balaban J connectivity index is 1.16. The summed E-state index contributed by atoms with van der Waals surface area (Å²) in [4.78, 5) is 16.1. The fourth-order valence-electron chi connectivity index (χ4n) is 3.78. The van der Waals surface area contributed by atoms with E-state index in [0.717, 1.165) is 60.3 Å². The van der Waals surface area contributed by atoms with Crippen LogP contribution in [0.2, 0.25) is 5.02 Å². The molecule has 1 saturated heterocycles. The number of nitrogens with zero attached hydrogens (tertiary/aromatic N) is 8. The van der Waals surface area contributed by atoms with Crippen molar-refractivity contribution in [2.45, 2.75) is 38.7 Å². The Morgan fingerprint density at radius 2 is 2.00 bits per heavy atom. The number of anilines is 1. The highest BCUT2D eigenvalue weighted by Crippen LogP contribution is 2.32. The molecule has 4 aromatic rings. The number of halogens is 1. The van der Waals surface area contributed by atoms with Crippen LogP contribution in [0.3, 0.4) is 0 Å². The van der Waals surface area contributed by atoms with E-state index in [1.165, 1.54) is 6.33 Å². The lowest BCUT2D eigenvalue weighted by molar-refractivity contribution is 0.301. The average Bonchev–Trinajstić information content (AvgIpc) is 3.56. The van der Waals surface area contributed by atoms with Crippen LogP contribution in [0.4, 0.5) is 5.95 Å². The summed E-state index contributed by atoms with van der Waals surface area (Å²) in [6, 6.07) is 5.45. The molecule has 0 saturated carbocycles. The number of benzene rings is 1. The van der Waals surface area contributed by atoms with Crippen LogP contribution in [0.15, 0.2) is 42.3 Å². The molecule has 3 aromatic heterocycles. The van der Waals surface area contributed by atoms with Crippen LogP contribution in [0, 0.1) is 0 Å². The Morgan fingerprint density at radius 1 is 1.18 bits per heavy atom. The van der Waals surface area contributed by atoms with Crippen molar-refractivity contribution in [2.24, 2.45) is 0 Å². The number of ether oxygens (including phenoxy) is 1. The first-order chi connectivity index (χ1) is 16.2. The second-order valence-electron chi connectivity index (χ2n) is 7.84. The summed E-state index contributed by atoms with van der Waals surface area (Å²) in [7, 11) is 0. The Bertz CT molecular complexity index is 1190. The molecule has 0 aliphatic carbocycles. The first-order valence-electron chi connectivity index (χ1n) is 10.9. The summed E-state index contributed by atoms with van der Waals surface area (Å²) in [6.07, 6.45) is 8.40. The maximum absolute atomic E-state index is 6.38.